The second-order valence-corrected chi connectivity index (χ2v) is 6.82. The molecule has 25 heavy (non-hydrogen) atoms. The molecule has 1 fully saturated rings. The van der Waals surface area contributed by atoms with Crippen LogP contribution < -0.4 is 4.74 Å². The number of nitrogens with zero attached hydrogens (tertiary/aromatic N) is 1. The normalized spacial score (nSPS) is 22.8. The minimum atomic E-state index is -0.870. The van der Waals surface area contributed by atoms with Gasteiger partial charge in [0.25, 0.3) is 0 Å². The Morgan fingerprint density at radius 2 is 1.84 bits per heavy atom. The number of fused-ring (bicyclic) bond motifs is 2. The van der Waals surface area contributed by atoms with Crippen LogP contribution in [0.25, 0.3) is 5.57 Å². The first-order valence-corrected chi connectivity index (χ1v) is 8.69. The lowest BCUT2D eigenvalue weighted by Crippen LogP contribution is -2.37. The van der Waals surface area contributed by atoms with Gasteiger partial charge in [0.05, 0.1) is 7.11 Å². The molecule has 2 aromatic rings. The molecule has 4 rings (SSSR count). The first-order chi connectivity index (χ1) is 12.2. The SMILES string of the molecule is COc1cc(F)c(F)cc1C1=CC2CCC(C1)N2Cc1ccccc1. The third-order valence-electron chi connectivity index (χ3n) is 5.34. The van der Waals surface area contributed by atoms with Crippen LogP contribution in [0.1, 0.15) is 30.4 Å². The minimum Gasteiger partial charge on any atom is -0.496 e. The summed E-state index contributed by atoms with van der Waals surface area (Å²) in [5.74, 6) is -1.29. The molecule has 2 heterocycles. The van der Waals surface area contributed by atoms with Crippen molar-refractivity contribution in [2.75, 3.05) is 7.11 Å². The summed E-state index contributed by atoms with van der Waals surface area (Å²) >= 11 is 0. The number of benzene rings is 2. The van der Waals surface area contributed by atoms with E-state index < -0.39 is 11.6 Å². The van der Waals surface area contributed by atoms with Crippen LogP contribution in [0.4, 0.5) is 8.78 Å². The lowest BCUT2D eigenvalue weighted by molar-refractivity contribution is 0.203. The van der Waals surface area contributed by atoms with E-state index >= 15 is 0 Å². The van der Waals surface area contributed by atoms with E-state index in [4.69, 9.17) is 4.74 Å². The van der Waals surface area contributed by atoms with Gasteiger partial charge in [-0.05, 0) is 36.5 Å². The van der Waals surface area contributed by atoms with Crippen molar-refractivity contribution >= 4 is 5.57 Å². The molecule has 2 nitrogen and oxygen atoms in total. The van der Waals surface area contributed by atoms with Crippen molar-refractivity contribution < 1.29 is 13.5 Å². The van der Waals surface area contributed by atoms with Crippen molar-refractivity contribution in [3.05, 3.63) is 71.3 Å². The Bertz CT molecular complexity index is 803. The van der Waals surface area contributed by atoms with Gasteiger partial charge in [-0.1, -0.05) is 36.4 Å². The third kappa shape index (κ3) is 3.07. The molecule has 0 radical (unpaired) electrons. The molecule has 0 N–H and O–H groups in total. The van der Waals surface area contributed by atoms with Crippen LogP contribution in [0.5, 0.6) is 5.75 Å². The number of hydrogen-bond donors (Lipinski definition) is 0. The molecule has 130 valence electrons. The maximum absolute atomic E-state index is 13.8. The number of methoxy groups -OCH3 is 1. The fourth-order valence-corrected chi connectivity index (χ4v) is 4.11. The predicted octanol–water partition coefficient (Wildman–Crippen LogP) is 4.79. The summed E-state index contributed by atoms with van der Waals surface area (Å²) in [4.78, 5) is 2.52. The molecule has 2 aliphatic heterocycles. The molecule has 0 aliphatic carbocycles. The largest absolute Gasteiger partial charge is 0.496 e. The van der Waals surface area contributed by atoms with Gasteiger partial charge in [-0.25, -0.2) is 8.78 Å². The smallest absolute Gasteiger partial charge is 0.162 e. The Kier molecular flexibility index (Phi) is 4.30. The number of ether oxygens (including phenoxy) is 1. The van der Waals surface area contributed by atoms with Gasteiger partial charge in [0.1, 0.15) is 5.75 Å². The lowest BCUT2D eigenvalue weighted by atomic mass is 9.93. The van der Waals surface area contributed by atoms with Crippen LogP contribution >= 0.6 is 0 Å². The Morgan fingerprint density at radius 1 is 1.08 bits per heavy atom. The summed E-state index contributed by atoms with van der Waals surface area (Å²) in [5, 5.41) is 0. The molecule has 2 aliphatic rings. The van der Waals surface area contributed by atoms with E-state index in [0.29, 0.717) is 23.4 Å². The van der Waals surface area contributed by atoms with Crippen molar-refractivity contribution in [2.24, 2.45) is 0 Å². The summed E-state index contributed by atoms with van der Waals surface area (Å²) in [6.45, 7) is 0.925. The van der Waals surface area contributed by atoms with Crippen molar-refractivity contribution in [3.63, 3.8) is 0 Å². The van der Waals surface area contributed by atoms with Gasteiger partial charge in [-0.3, -0.25) is 4.90 Å². The Hall–Kier alpha value is -2.20. The van der Waals surface area contributed by atoms with E-state index in [1.165, 1.54) is 18.7 Å². The quantitative estimate of drug-likeness (QED) is 0.792. The number of halogens is 2. The van der Waals surface area contributed by atoms with Gasteiger partial charge in [0.2, 0.25) is 0 Å². The Balaban J connectivity index is 1.63. The van der Waals surface area contributed by atoms with Gasteiger partial charge < -0.3 is 4.74 Å². The first kappa shape index (κ1) is 16.3. The topological polar surface area (TPSA) is 12.5 Å². The summed E-state index contributed by atoms with van der Waals surface area (Å²) in [7, 11) is 1.50. The highest BCUT2D eigenvalue weighted by atomic mass is 19.2. The van der Waals surface area contributed by atoms with Crippen LogP contribution in [-0.4, -0.2) is 24.1 Å². The van der Waals surface area contributed by atoms with E-state index in [0.717, 1.165) is 37.4 Å². The van der Waals surface area contributed by atoms with E-state index in [-0.39, 0.29) is 0 Å². The van der Waals surface area contributed by atoms with Crippen LogP contribution in [-0.2, 0) is 6.54 Å². The van der Waals surface area contributed by atoms with E-state index in [1.807, 2.05) is 6.07 Å². The maximum Gasteiger partial charge on any atom is 0.162 e. The highest BCUT2D eigenvalue weighted by Crippen LogP contribution is 2.42. The Morgan fingerprint density at radius 3 is 2.56 bits per heavy atom. The van der Waals surface area contributed by atoms with Crippen LogP contribution in [0, 0.1) is 11.6 Å². The lowest BCUT2D eigenvalue weighted by Gasteiger charge is -2.34. The highest BCUT2D eigenvalue weighted by Gasteiger charge is 2.37. The van der Waals surface area contributed by atoms with Gasteiger partial charge in [-0.15, -0.1) is 0 Å². The molecule has 2 unspecified atom stereocenters. The summed E-state index contributed by atoms with van der Waals surface area (Å²) in [6.07, 6.45) is 5.28. The van der Waals surface area contributed by atoms with Crippen molar-refractivity contribution in [2.45, 2.75) is 37.9 Å². The number of hydrogen-bond acceptors (Lipinski definition) is 2. The average Bonchev–Trinajstić information content (AvgIpc) is 2.86. The molecule has 2 atom stereocenters. The van der Waals surface area contributed by atoms with Crippen molar-refractivity contribution in [1.82, 2.24) is 4.90 Å². The predicted molar refractivity (Wildman–Crippen MR) is 94.3 cm³/mol. The van der Waals surface area contributed by atoms with Crippen LogP contribution in [0.3, 0.4) is 0 Å². The maximum atomic E-state index is 13.8. The van der Waals surface area contributed by atoms with E-state index in [2.05, 4.69) is 35.2 Å². The van der Waals surface area contributed by atoms with Crippen LogP contribution in [0.2, 0.25) is 0 Å². The fourth-order valence-electron chi connectivity index (χ4n) is 4.11. The standard InChI is InChI=1S/C21H21F2NO/c1-25-21-12-20(23)19(22)11-18(21)15-9-16-7-8-17(10-15)24(16)13-14-5-3-2-4-6-14/h2-6,9,11-12,16-17H,7-8,10,13H2,1H3. The van der Waals surface area contributed by atoms with Crippen molar-refractivity contribution in [3.8, 4) is 5.75 Å². The molecule has 0 amide bonds. The fraction of sp³-hybridized carbons (Fsp3) is 0.333. The van der Waals surface area contributed by atoms with Gasteiger partial charge >= 0.3 is 0 Å². The first-order valence-electron chi connectivity index (χ1n) is 8.69. The summed E-state index contributed by atoms with van der Waals surface area (Å²) in [6, 6.07) is 13.6. The zero-order valence-electron chi connectivity index (χ0n) is 14.2. The average molecular weight is 341 g/mol. The zero-order chi connectivity index (χ0) is 17.4. The Labute approximate surface area is 146 Å². The molecule has 0 saturated carbocycles. The van der Waals surface area contributed by atoms with E-state index in [1.54, 1.807) is 0 Å². The van der Waals surface area contributed by atoms with Crippen LogP contribution in [0.15, 0.2) is 48.5 Å². The molecule has 1 saturated heterocycles. The molecular formula is C21H21F2NO. The molecular weight excluding hydrogens is 320 g/mol. The van der Waals surface area contributed by atoms with Crippen molar-refractivity contribution in [1.29, 1.82) is 0 Å². The number of rotatable bonds is 4. The van der Waals surface area contributed by atoms with Gasteiger partial charge in [0, 0.05) is 30.3 Å². The highest BCUT2D eigenvalue weighted by molar-refractivity contribution is 5.72. The second kappa shape index (κ2) is 6.60. The molecule has 2 aromatic carbocycles. The van der Waals surface area contributed by atoms with Gasteiger partial charge in [0.15, 0.2) is 11.6 Å². The second-order valence-electron chi connectivity index (χ2n) is 6.82. The molecule has 0 spiro atoms. The minimum absolute atomic E-state index is 0.340. The summed E-state index contributed by atoms with van der Waals surface area (Å²) < 4.78 is 32.5. The monoisotopic (exact) mass is 341 g/mol. The van der Waals surface area contributed by atoms with E-state index in [9.17, 15) is 8.78 Å². The molecule has 0 aromatic heterocycles. The van der Waals surface area contributed by atoms with Gasteiger partial charge in [-0.2, -0.15) is 0 Å². The third-order valence-corrected chi connectivity index (χ3v) is 5.34. The zero-order valence-corrected chi connectivity index (χ0v) is 14.2. The molecule has 4 heteroatoms. The summed E-state index contributed by atoms with van der Waals surface area (Å²) in [5.41, 5.74) is 3.05. The molecule has 2 bridgehead atoms.